The molecule has 0 radical (unpaired) electrons. The summed E-state index contributed by atoms with van der Waals surface area (Å²) in [5.74, 6) is 1.28. The van der Waals surface area contributed by atoms with Crippen molar-refractivity contribution in [3.8, 4) is 0 Å². The molecular formula is C27H36O2S. The highest BCUT2D eigenvalue weighted by atomic mass is 32.2. The Morgan fingerprint density at radius 3 is 2.27 bits per heavy atom. The fourth-order valence-electron chi connectivity index (χ4n) is 4.89. The van der Waals surface area contributed by atoms with E-state index in [0.29, 0.717) is 29.1 Å². The van der Waals surface area contributed by atoms with Gasteiger partial charge in [0, 0.05) is 0 Å². The minimum atomic E-state index is -3.42. The summed E-state index contributed by atoms with van der Waals surface area (Å²) >= 11 is 0. The number of hydrogen-bond donors (Lipinski definition) is 0. The molecule has 0 saturated heterocycles. The molecule has 3 rings (SSSR count). The first-order valence-electron chi connectivity index (χ1n) is 11.2. The lowest BCUT2D eigenvalue weighted by atomic mass is 9.71. The van der Waals surface area contributed by atoms with E-state index in [4.69, 9.17) is 0 Å². The zero-order valence-corrected chi connectivity index (χ0v) is 20.1. The standard InChI is InChI=1S/C27H36O2S/c1-18(2)15-24(30(28,29)23-11-7-19(3)8-12-23)17-22(6)26-14-10-21(5)25-13-9-20(4)16-27(25)26/h7-9,11-13,15-16,21-22,24,26H,10,14,17H2,1-6H3/t21-,22-,24-,26-/m0/s1. The van der Waals surface area contributed by atoms with Crippen LogP contribution < -0.4 is 0 Å². The molecule has 2 aromatic rings. The molecule has 0 fully saturated rings. The van der Waals surface area contributed by atoms with E-state index in [0.717, 1.165) is 17.6 Å². The largest absolute Gasteiger partial charge is 0.223 e. The van der Waals surface area contributed by atoms with Crippen molar-refractivity contribution in [1.82, 2.24) is 0 Å². The molecule has 2 nitrogen and oxygen atoms in total. The van der Waals surface area contributed by atoms with Crippen LogP contribution in [-0.4, -0.2) is 13.7 Å². The van der Waals surface area contributed by atoms with Crippen molar-refractivity contribution in [2.24, 2.45) is 5.92 Å². The third-order valence-corrected chi connectivity index (χ3v) is 8.70. The van der Waals surface area contributed by atoms with Gasteiger partial charge in [0.25, 0.3) is 0 Å². The van der Waals surface area contributed by atoms with Crippen LogP contribution in [0.25, 0.3) is 0 Å². The average Bonchev–Trinajstić information content (AvgIpc) is 2.67. The number of rotatable bonds is 6. The smallest absolute Gasteiger partial charge is 0.184 e. The Labute approximate surface area is 183 Å². The molecule has 0 N–H and O–H groups in total. The van der Waals surface area contributed by atoms with E-state index >= 15 is 0 Å². The van der Waals surface area contributed by atoms with E-state index in [9.17, 15) is 8.42 Å². The summed E-state index contributed by atoms with van der Waals surface area (Å²) in [6.45, 7) is 12.7. The van der Waals surface area contributed by atoms with Gasteiger partial charge in [0.2, 0.25) is 0 Å². The van der Waals surface area contributed by atoms with Crippen LogP contribution in [0.5, 0.6) is 0 Å². The molecule has 0 spiro atoms. The molecule has 0 amide bonds. The molecule has 1 aliphatic rings. The quantitative estimate of drug-likeness (QED) is 0.463. The van der Waals surface area contributed by atoms with Gasteiger partial charge in [-0.05, 0) is 88.0 Å². The van der Waals surface area contributed by atoms with E-state index in [1.54, 1.807) is 12.1 Å². The third kappa shape index (κ3) is 4.88. The Kier molecular flexibility index (Phi) is 6.91. The highest BCUT2D eigenvalue weighted by Gasteiger charge is 2.33. The maximum Gasteiger partial charge on any atom is 0.184 e. The molecular weight excluding hydrogens is 388 g/mol. The molecule has 0 bridgehead atoms. The van der Waals surface area contributed by atoms with Crippen LogP contribution in [0.3, 0.4) is 0 Å². The Morgan fingerprint density at radius 1 is 1.00 bits per heavy atom. The van der Waals surface area contributed by atoms with Crippen molar-refractivity contribution >= 4 is 9.84 Å². The summed E-state index contributed by atoms with van der Waals surface area (Å²) in [5, 5.41) is -0.493. The number of aryl methyl sites for hydroxylation is 2. The summed E-state index contributed by atoms with van der Waals surface area (Å²) in [4.78, 5) is 0.427. The normalized spacial score (nSPS) is 20.9. The van der Waals surface area contributed by atoms with Gasteiger partial charge in [-0.3, -0.25) is 0 Å². The van der Waals surface area contributed by atoms with Gasteiger partial charge in [0.1, 0.15) is 0 Å². The zero-order chi connectivity index (χ0) is 22.1. The fraction of sp³-hybridized carbons (Fsp3) is 0.481. The van der Waals surface area contributed by atoms with Crippen molar-refractivity contribution in [3.05, 3.63) is 76.4 Å². The predicted octanol–water partition coefficient (Wildman–Crippen LogP) is 7.12. The van der Waals surface area contributed by atoms with Gasteiger partial charge in [-0.1, -0.05) is 67.0 Å². The van der Waals surface area contributed by atoms with E-state index < -0.39 is 15.1 Å². The number of allylic oxidation sites excluding steroid dienone is 1. The highest BCUT2D eigenvalue weighted by molar-refractivity contribution is 7.92. The first-order chi connectivity index (χ1) is 14.1. The van der Waals surface area contributed by atoms with E-state index in [-0.39, 0.29) is 0 Å². The van der Waals surface area contributed by atoms with Crippen LogP contribution in [0, 0.1) is 19.8 Å². The second-order valence-electron chi connectivity index (χ2n) is 9.57. The van der Waals surface area contributed by atoms with Crippen molar-refractivity contribution < 1.29 is 8.42 Å². The van der Waals surface area contributed by atoms with Crippen LogP contribution in [0.2, 0.25) is 0 Å². The maximum atomic E-state index is 13.5. The van der Waals surface area contributed by atoms with Gasteiger partial charge in [0.15, 0.2) is 9.84 Å². The fourth-order valence-corrected chi connectivity index (χ4v) is 6.76. The van der Waals surface area contributed by atoms with Gasteiger partial charge >= 0.3 is 0 Å². The van der Waals surface area contributed by atoms with Crippen LogP contribution in [-0.2, 0) is 9.84 Å². The molecule has 2 aromatic carbocycles. The molecule has 0 aliphatic heterocycles. The van der Waals surface area contributed by atoms with Gasteiger partial charge in [-0.2, -0.15) is 0 Å². The lowest BCUT2D eigenvalue weighted by Crippen LogP contribution is -2.26. The monoisotopic (exact) mass is 424 g/mol. The molecule has 0 saturated carbocycles. The Hall–Kier alpha value is -1.87. The molecule has 3 heteroatoms. The number of hydrogen-bond acceptors (Lipinski definition) is 2. The predicted molar refractivity (Wildman–Crippen MR) is 127 cm³/mol. The van der Waals surface area contributed by atoms with Crippen molar-refractivity contribution in [3.63, 3.8) is 0 Å². The molecule has 1 aliphatic carbocycles. The van der Waals surface area contributed by atoms with Gasteiger partial charge in [-0.15, -0.1) is 0 Å². The van der Waals surface area contributed by atoms with Crippen LogP contribution in [0.4, 0.5) is 0 Å². The summed E-state index contributed by atoms with van der Waals surface area (Å²) in [7, 11) is -3.42. The van der Waals surface area contributed by atoms with E-state index in [2.05, 4.69) is 39.0 Å². The molecule has 0 unspecified atom stereocenters. The molecule has 0 aromatic heterocycles. The van der Waals surface area contributed by atoms with Gasteiger partial charge < -0.3 is 0 Å². The lowest BCUT2D eigenvalue weighted by molar-refractivity contribution is 0.369. The summed E-state index contributed by atoms with van der Waals surface area (Å²) in [6, 6.07) is 14.1. The molecule has 4 atom stereocenters. The second kappa shape index (κ2) is 9.09. The summed E-state index contributed by atoms with van der Waals surface area (Å²) in [6.07, 6.45) is 4.90. The Balaban J connectivity index is 1.93. The Morgan fingerprint density at radius 2 is 1.63 bits per heavy atom. The minimum Gasteiger partial charge on any atom is -0.223 e. The first kappa shape index (κ1) is 22.8. The maximum absolute atomic E-state index is 13.5. The highest BCUT2D eigenvalue weighted by Crippen LogP contribution is 2.44. The Bertz CT molecular complexity index is 1010. The van der Waals surface area contributed by atoms with Gasteiger partial charge in [-0.25, -0.2) is 8.42 Å². The van der Waals surface area contributed by atoms with Crippen LogP contribution >= 0.6 is 0 Å². The van der Waals surface area contributed by atoms with Crippen molar-refractivity contribution in [1.29, 1.82) is 0 Å². The van der Waals surface area contributed by atoms with Crippen LogP contribution in [0.15, 0.2) is 59.0 Å². The summed E-state index contributed by atoms with van der Waals surface area (Å²) < 4.78 is 27.0. The molecule has 30 heavy (non-hydrogen) atoms. The van der Waals surface area contributed by atoms with Gasteiger partial charge in [0.05, 0.1) is 10.1 Å². The lowest BCUT2D eigenvalue weighted by Gasteiger charge is -2.35. The minimum absolute atomic E-state index is 0.291. The topological polar surface area (TPSA) is 34.1 Å². The molecule has 0 heterocycles. The second-order valence-corrected chi connectivity index (χ2v) is 11.7. The first-order valence-corrected chi connectivity index (χ1v) is 12.7. The van der Waals surface area contributed by atoms with Crippen molar-refractivity contribution in [2.75, 3.05) is 0 Å². The zero-order valence-electron chi connectivity index (χ0n) is 19.3. The van der Waals surface area contributed by atoms with Crippen LogP contribution in [0.1, 0.15) is 81.0 Å². The SMILES string of the molecule is CC(C)=C[C@@H](C[C@H](C)[C@@H]1CC[C@H](C)c2ccc(C)cc21)S(=O)(=O)c1ccc(C)cc1. The van der Waals surface area contributed by atoms with E-state index in [1.165, 1.54) is 23.1 Å². The third-order valence-electron chi connectivity index (χ3n) is 6.64. The molecule has 162 valence electrons. The number of sulfone groups is 1. The summed E-state index contributed by atoms with van der Waals surface area (Å²) in [5.41, 5.74) is 6.29. The number of benzene rings is 2. The average molecular weight is 425 g/mol. The van der Waals surface area contributed by atoms with E-state index in [1.807, 2.05) is 39.0 Å². The van der Waals surface area contributed by atoms with Crippen molar-refractivity contribution in [2.45, 2.75) is 82.8 Å². The number of fused-ring (bicyclic) bond motifs is 1.